The normalized spacial score (nSPS) is 15.2. The molecule has 3 nitrogen and oxygen atoms in total. The molecule has 34 heavy (non-hydrogen) atoms. The first-order chi connectivity index (χ1) is 16.8. The lowest BCUT2D eigenvalue weighted by Gasteiger charge is -2.26. The van der Waals surface area contributed by atoms with Gasteiger partial charge in [0.25, 0.3) is 0 Å². The summed E-state index contributed by atoms with van der Waals surface area (Å²) >= 11 is 0. The van der Waals surface area contributed by atoms with Crippen molar-refractivity contribution in [3.8, 4) is 11.5 Å². The molecule has 4 aromatic carbocycles. The second-order valence-electron chi connectivity index (χ2n) is 9.09. The Hall–Kier alpha value is -3.30. The smallest absolute Gasteiger partial charge is 0.119 e. The summed E-state index contributed by atoms with van der Waals surface area (Å²) in [5.41, 5.74) is 3.81. The van der Waals surface area contributed by atoms with Gasteiger partial charge in [-0.2, -0.15) is 0 Å². The van der Waals surface area contributed by atoms with E-state index < -0.39 is 0 Å². The Labute approximate surface area is 202 Å². The highest BCUT2D eigenvalue weighted by Gasteiger charge is 2.19. The van der Waals surface area contributed by atoms with Crippen LogP contribution in [0.3, 0.4) is 0 Å². The van der Waals surface area contributed by atoms with Crippen LogP contribution < -0.4 is 9.47 Å². The Morgan fingerprint density at radius 3 is 2.06 bits per heavy atom. The van der Waals surface area contributed by atoms with Gasteiger partial charge < -0.3 is 9.47 Å². The number of fused-ring (bicyclic) bond motifs is 1. The Bertz CT molecular complexity index is 1190. The Balaban J connectivity index is 1.42. The minimum atomic E-state index is 0.124. The van der Waals surface area contributed by atoms with Crippen molar-refractivity contribution in [3.63, 3.8) is 0 Å². The number of benzene rings is 4. The first kappa shape index (κ1) is 22.5. The van der Waals surface area contributed by atoms with Gasteiger partial charge in [0.15, 0.2) is 0 Å². The zero-order valence-electron chi connectivity index (χ0n) is 20.0. The highest BCUT2D eigenvalue weighted by molar-refractivity contribution is 5.87. The molecule has 1 saturated heterocycles. The average molecular weight is 452 g/mol. The fourth-order valence-corrected chi connectivity index (χ4v) is 5.08. The summed E-state index contributed by atoms with van der Waals surface area (Å²) in [5.74, 6) is 1.93. The van der Waals surface area contributed by atoms with Crippen LogP contribution in [-0.2, 0) is 0 Å². The standard InChI is InChI=1S/C31H33NO2/c1-33-27-16-12-25(13-17-27)31(30-11-7-9-24-8-3-4-10-29(24)30)26-14-18-28(19-15-26)34-23-22-32-20-5-2-6-21-32/h3-4,7-19,31H,2,5-6,20-23H2,1H3. The second kappa shape index (κ2) is 10.8. The molecule has 3 heteroatoms. The highest BCUT2D eigenvalue weighted by atomic mass is 16.5. The van der Waals surface area contributed by atoms with Crippen LogP contribution in [0, 0.1) is 0 Å². The van der Waals surface area contributed by atoms with E-state index in [9.17, 15) is 0 Å². The van der Waals surface area contributed by atoms with Crippen molar-refractivity contribution in [2.75, 3.05) is 33.4 Å². The highest BCUT2D eigenvalue weighted by Crippen LogP contribution is 2.37. The van der Waals surface area contributed by atoms with E-state index in [0.29, 0.717) is 0 Å². The summed E-state index contributed by atoms with van der Waals surface area (Å²) in [4.78, 5) is 2.51. The molecule has 1 fully saturated rings. The van der Waals surface area contributed by atoms with Crippen molar-refractivity contribution in [1.82, 2.24) is 4.90 Å². The minimum Gasteiger partial charge on any atom is -0.497 e. The molecular weight excluding hydrogens is 418 g/mol. The quantitative estimate of drug-likeness (QED) is 0.272. The van der Waals surface area contributed by atoms with E-state index in [1.807, 2.05) is 12.1 Å². The van der Waals surface area contributed by atoms with Gasteiger partial charge in [0.05, 0.1) is 7.11 Å². The molecule has 174 valence electrons. The number of methoxy groups -OCH3 is 1. The van der Waals surface area contributed by atoms with Crippen LogP contribution in [0.4, 0.5) is 0 Å². The Kier molecular flexibility index (Phi) is 7.11. The monoisotopic (exact) mass is 451 g/mol. The lowest BCUT2D eigenvalue weighted by Crippen LogP contribution is -2.33. The van der Waals surface area contributed by atoms with E-state index in [4.69, 9.17) is 9.47 Å². The first-order valence-electron chi connectivity index (χ1n) is 12.4. The SMILES string of the molecule is COc1ccc(C(c2ccc(OCCN3CCCCC3)cc2)c2cccc3ccccc23)cc1. The molecular formula is C31H33NO2. The van der Waals surface area contributed by atoms with E-state index >= 15 is 0 Å². The van der Waals surface area contributed by atoms with Crippen molar-refractivity contribution < 1.29 is 9.47 Å². The predicted octanol–water partition coefficient (Wildman–Crippen LogP) is 6.89. The van der Waals surface area contributed by atoms with Crippen molar-refractivity contribution in [1.29, 1.82) is 0 Å². The predicted molar refractivity (Wildman–Crippen MR) is 140 cm³/mol. The van der Waals surface area contributed by atoms with Crippen LogP contribution in [-0.4, -0.2) is 38.3 Å². The Morgan fingerprint density at radius 1 is 0.706 bits per heavy atom. The molecule has 0 saturated carbocycles. The van der Waals surface area contributed by atoms with Gasteiger partial charge >= 0.3 is 0 Å². The van der Waals surface area contributed by atoms with Crippen LogP contribution in [0.2, 0.25) is 0 Å². The number of rotatable bonds is 8. The number of ether oxygens (including phenoxy) is 2. The summed E-state index contributed by atoms with van der Waals surface area (Å²) in [6.45, 7) is 4.16. The number of hydrogen-bond donors (Lipinski definition) is 0. The zero-order valence-corrected chi connectivity index (χ0v) is 20.0. The molecule has 1 aliphatic heterocycles. The van der Waals surface area contributed by atoms with Crippen molar-refractivity contribution >= 4 is 10.8 Å². The molecule has 0 aromatic heterocycles. The summed E-state index contributed by atoms with van der Waals surface area (Å²) in [6.07, 6.45) is 4.00. The summed E-state index contributed by atoms with van der Waals surface area (Å²) < 4.78 is 11.5. The van der Waals surface area contributed by atoms with Crippen molar-refractivity contribution in [2.24, 2.45) is 0 Å². The molecule has 1 heterocycles. The summed E-state index contributed by atoms with van der Waals surface area (Å²) in [6, 6.07) is 32.3. The maximum Gasteiger partial charge on any atom is 0.119 e. The number of nitrogens with zero attached hydrogens (tertiary/aromatic N) is 1. The van der Waals surface area contributed by atoms with Gasteiger partial charge in [-0.15, -0.1) is 0 Å². The van der Waals surface area contributed by atoms with Gasteiger partial charge in [0.2, 0.25) is 0 Å². The fraction of sp³-hybridized carbons (Fsp3) is 0.290. The lowest BCUT2D eigenvalue weighted by molar-refractivity contribution is 0.183. The second-order valence-corrected chi connectivity index (χ2v) is 9.09. The van der Waals surface area contributed by atoms with Gasteiger partial charge in [-0.1, -0.05) is 73.2 Å². The third-order valence-corrected chi connectivity index (χ3v) is 6.92. The molecule has 0 amide bonds. The molecule has 0 radical (unpaired) electrons. The van der Waals surface area contributed by atoms with E-state index in [-0.39, 0.29) is 5.92 Å². The van der Waals surface area contributed by atoms with Crippen LogP contribution in [0.1, 0.15) is 41.9 Å². The fourth-order valence-electron chi connectivity index (χ4n) is 5.08. The van der Waals surface area contributed by atoms with Crippen molar-refractivity contribution in [3.05, 3.63) is 108 Å². The minimum absolute atomic E-state index is 0.124. The lowest BCUT2D eigenvalue weighted by atomic mass is 9.83. The third-order valence-electron chi connectivity index (χ3n) is 6.92. The number of piperidine rings is 1. The molecule has 0 spiro atoms. The maximum atomic E-state index is 6.10. The van der Waals surface area contributed by atoms with Gasteiger partial charge in [0, 0.05) is 12.5 Å². The van der Waals surface area contributed by atoms with E-state index in [0.717, 1.165) is 24.7 Å². The van der Waals surface area contributed by atoms with Gasteiger partial charge in [-0.25, -0.2) is 0 Å². The topological polar surface area (TPSA) is 21.7 Å². The molecule has 0 bridgehead atoms. The molecule has 5 rings (SSSR count). The van der Waals surface area contributed by atoms with Crippen LogP contribution in [0.15, 0.2) is 91.0 Å². The molecule has 1 atom stereocenters. The van der Waals surface area contributed by atoms with Crippen LogP contribution >= 0.6 is 0 Å². The van der Waals surface area contributed by atoms with Crippen molar-refractivity contribution in [2.45, 2.75) is 25.2 Å². The van der Waals surface area contributed by atoms with Crippen LogP contribution in [0.5, 0.6) is 11.5 Å². The number of likely N-dealkylation sites (tertiary alicyclic amines) is 1. The number of hydrogen-bond acceptors (Lipinski definition) is 3. The average Bonchev–Trinajstić information content (AvgIpc) is 2.91. The van der Waals surface area contributed by atoms with Gasteiger partial charge in [-0.3, -0.25) is 4.90 Å². The zero-order chi connectivity index (χ0) is 23.2. The first-order valence-corrected chi connectivity index (χ1v) is 12.4. The summed E-state index contributed by atoms with van der Waals surface area (Å²) in [5, 5.41) is 2.55. The van der Waals surface area contributed by atoms with Gasteiger partial charge in [-0.05, 0) is 77.7 Å². The van der Waals surface area contributed by atoms with E-state index in [1.165, 1.54) is 59.8 Å². The largest absolute Gasteiger partial charge is 0.497 e. The molecule has 4 aromatic rings. The van der Waals surface area contributed by atoms with Gasteiger partial charge in [0.1, 0.15) is 18.1 Å². The maximum absolute atomic E-state index is 6.10. The third kappa shape index (κ3) is 5.10. The molecule has 0 aliphatic carbocycles. The molecule has 0 N–H and O–H groups in total. The Morgan fingerprint density at radius 2 is 1.35 bits per heavy atom. The van der Waals surface area contributed by atoms with E-state index in [2.05, 4.69) is 83.8 Å². The van der Waals surface area contributed by atoms with E-state index in [1.54, 1.807) is 7.11 Å². The molecule has 1 aliphatic rings. The molecule has 1 unspecified atom stereocenters. The van der Waals surface area contributed by atoms with Crippen LogP contribution in [0.25, 0.3) is 10.8 Å². The summed E-state index contributed by atoms with van der Waals surface area (Å²) in [7, 11) is 1.71.